The number of aromatic nitrogens is 4. The van der Waals surface area contributed by atoms with E-state index >= 15 is 0 Å². The number of pyridine rings is 2. The van der Waals surface area contributed by atoms with Gasteiger partial charge in [0.25, 0.3) is 0 Å². The van der Waals surface area contributed by atoms with Crippen LogP contribution in [0.5, 0.6) is 0 Å². The molecular formula is C27H33N7O. The van der Waals surface area contributed by atoms with Crippen molar-refractivity contribution in [3.05, 3.63) is 66.1 Å². The van der Waals surface area contributed by atoms with E-state index in [9.17, 15) is 5.11 Å². The Morgan fingerprint density at radius 1 is 1.03 bits per heavy atom. The van der Waals surface area contributed by atoms with E-state index in [-0.39, 0.29) is 12.6 Å². The fourth-order valence-electron chi connectivity index (χ4n) is 4.70. The molecule has 4 aromatic rings. The number of likely N-dealkylation sites (N-methyl/N-ethyl adjacent to an activating group) is 1. The lowest BCUT2D eigenvalue weighted by Gasteiger charge is -2.34. The Labute approximate surface area is 206 Å². The summed E-state index contributed by atoms with van der Waals surface area (Å²) in [5.41, 5.74) is 12.0. The molecule has 8 heteroatoms. The van der Waals surface area contributed by atoms with Crippen molar-refractivity contribution in [2.24, 2.45) is 5.73 Å². The number of hydrogen-bond donors (Lipinski definition) is 2. The van der Waals surface area contributed by atoms with Gasteiger partial charge in [0.2, 0.25) is 0 Å². The number of benzene rings is 1. The SMILES string of the molecule is CCC[C@H](N)c1cccc(-c2cc(N3CCN(C)CC3)c3cnn(-c4cccc(CO)n4)c3c2)n1. The predicted molar refractivity (Wildman–Crippen MR) is 140 cm³/mol. The van der Waals surface area contributed by atoms with E-state index in [0.717, 1.165) is 72.6 Å². The maximum atomic E-state index is 9.59. The van der Waals surface area contributed by atoms with Crippen molar-refractivity contribution in [1.29, 1.82) is 0 Å². The van der Waals surface area contributed by atoms with Gasteiger partial charge in [-0.3, -0.25) is 4.98 Å². The van der Waals surface area contributed by atoms with Crippen LogP contribution in [0.2, 0.25) is 0 Å². The average Bonchev–Trinajstić information content (AvgIpc) is 3.33. The van der Waals surface area contributed by atoms with Crippen LogP contribution in [0.25, 0.3) is 28.0 Å². The highest BCUT2D eigenvalue weighted by atomic mass is 16.3. The first kappa shape index (κ1) is 23.4. The third-order valence-corrected chi connectivity index (χ3v) is 6.73. The first-order valence-corrected chi connectivity index (χ1v) is 12.3. The predicted octanol–water partition coefficient (Wildman–Crippen LogP) is 3.53. The number of rotatable bonds is 7. The molecule has 5 rings (SSSR count). The van der Waals surface area contributed by atoms with Crippen LogP contribution in [-0.4, -0.2) is 63.0 Å². The highest BCUT2D eigenvalue weighted by Gasteiger charge is 2.21. The smallest absolute Gasteiger partial charge is 0.154 e. The zero-order valence-electron chi connectivity index (χ0n) is 20.4. The molecule has 1 fully saturated rings. The second-order valence-corrected chi connectivity index (χ2v) is 9.26. The highest BCUT2D eigenvalue weighted by molar-refractivity contribution is 5.96. The van der Waals surface area contributed by atoms with Crippen LogP contribution in [0.15, 0.2) is 54.7 Å². The molecule has 0 saturated carbocycles. The molecule has 3 N–H and O–H groups in total. The van der Waals surface area contributed by atoms with Gasteiger partial charge in [-0.2, -0.15) is 5.10 Å². The van der Waals surface area contributed by atoms with Gasteiger partial charge in [0, 0.05) is 48.9 Å². The molecule has 0 radical (unpaired) electrons. The van der Waals surface area contributed by atoms with Gasteiger partial charge in [0.05, 0.1) is 35.4 Å². The molecule has 182 valence electrons. The molecule has 35 heavy (non-hydrogen) atoms. The van der Waals surface area contributed by atoms with E-state index in [1.165, 1.54) is 0 Å². The number of fused-ring (bicyclic) bond motifs is 1. The number of piperazine rings is 1. The zero-order valence-corrected chi connectivity index (χ0v) is 20.4. The van der Waals surface area contributed by atoms with E-state index in [1.54, 1.807) is 0 Å². The lowest BCUT2D eigenvalue weighted by Crippen LogP contribution is -2.44. The molecular weight excluding hydrogens is 438 g/mol. The van der Waals surface area contributed by atoms with E-state index in [2.05, 4.69) is 40.9 Å². The molecule has 1 saturated heterocycles. The summed E-state index contributed by atoms with van der Waals surface area (Å²) in [5, 5.41) is 15.4. The number of aliphatic hydroxyl groups is 1. The molecule has 4 heterocycles. The van der Waals surface area contributed by atoms with Gasteiger partial charge in [-0.05, 0) is 49.9 Å². The second kappa shape index (κ2) is 10.1. The molecule has 1 atom stereocenters. The summed E-state index contributed by atoms with van der Waals surface area (Å²) in [6.45, 7) is 5.96. The van der Waals surface area contributed by atoms with Gasteiger partial charge in [-0.1, -0.05) is 25.5 Å². The summed E-state index contributed by atoms with van der Waals surface area (Å²) in [6, 6.07) is 16.0. The maximum Gasteiger partial charge on any atom is 0.154 e. The quantitative estimate of drug-likeness (QED) is 0.426. The fraction of sp³-hybridized carbons (Fsp3) is 0.370. The Morgan fingerprint density at radius 2 is 1.83 bits per heavy atom. The van der Waals surface area contributed by atoms with Gasteiger partial charge in [-0.15, -0.1) is 0 Å². The van der Waals surface area contributed by atoms with Crippen LogP contribution in [-0.2, 0) is 6.61 Å². The lowest BCUT2D eigenvalue weighted by molar-refractivity contribution is 0.276. The average molecular weight is 472 g/mol. The number of aliphatic hydroxyl groups excluding tert-OH is 1. The molecule has 0 spiro atoms. The van der Waals surface area contributed by atoms with Crippen molar-refractivity contribution < 1.29 is 5.11 Å². The minimum atomic E-state index is -0.112. The minimum absolute atomic E-state index is 0.0725. The standard InChI is InChI=1S/C27H33N7O/c1-3-6-22(28)24-9-5-8-23(31-24)19-15-25(33-13-11-32(2)12-14-33)21-17-29-34(26(21)16-19)27-10-4-7-20(18-35)30-27/h4-5,7-10,15-17,22,35H,3,6,11-14,18,28H2,1-2H3/t22-/m0/s1. The monoisotopic (exact) mass is 471 g/mol. The van der Waals surface area contributed by atoms with Gasteiger partial charge in [-0.25, -0.2) is 9.67 Å². The second-order valence-electron chi connectivity index (χ2n) is 9.26. The van der Waals surface area contributed by atoms with Crippen LogP contribution in [0.3, 0.4) is 0 Å². The summed E-state index contributed by atoms with van der Waals surface area (Å²) in [6.07, 6.45) is 3.84. The number of nitrogens with two attached hydrogens (primary N) is 1. The summed E-state index contributed by atoms with van der Waals surface area (Å²) in [5.74, 6) is 0.680. The van der Waals surface area contributed by atoms with Crippen LogP contribution in [0, 0.1) is 0 Å². The molecule has 0 unspecified atom stereocenters. The fourth-order valence-corrected chi connectivity index (χ4v) is 4.70. The Balaban J connectivity index is 1.66. The van der Waals surface area contributed by atoms with Crippen molar-refractivity contribution in [2.75, 3.05) is 38.1 Å². The van der Waals surface area contributed by atoms with Crippen molar-refractivity contribution in [3.8, 4) is 17.1 Å². The van der Waals surface area contributed by atoms with Gasteiger partial charge in [0.15, 0.2) is 5.82 Å². The number of hydrogen-bond acceptors (Lipinski definition) is 7. The Bertz CT molecular complexity index is 1310. The van der Waals surface area contributed by atoms with E-state index < -0.39 is 0 Å². The molecule has 8 nitrogen and oxygen atoms in total. The number of anilines is 1. The Morgan fingerprint density at radius 3 is 2.60 bits per heavy atom. The first-order chi connectivity index (χ1) is 17.1. The normalized spacial score (nSPS) is 15.6. The molecule has 0 bridgehead atoms. The topological polar surface area (TPSA) is 96.3 Å². The van der Waals surface area contributed by atoms with E-state index in [0.29, 0.717) is 11.5 Å². The van der Waals surface area contributed by atoms with Crippen LogP contribution in [0.1, 0.15) is 37.2 Å². The van der Waals surface area contributed by atoms with Crippen molar-refractivity contribution in [1.82, 2.24) is 24.6 Å². The summed E-state index contributed by atoms with van der Waals surface area (Å²) in [7, 11) is 2.16. The third kappa shape index (κ3) is 4.77. The number of nitrogens with zero attached hydrogens (tertiary/aromatic N) is 6. The Hall–Kier alpha value is -3.33. The summed E-state index contributed by atoms with van der Waals surface area (Å²) in [4.78, 5) is 14.3. The highest BCUT2D eigenvalue weighted by Crippen LogP contribution is 2.34. The van der Waals surface area contributed by atoms with E-state index in [1.807, 2.05) is 47.3 Å². The van der Waals surface area contributed by atoms with Crippen molar-refractivity contribution in [3.63, 3.8) is 0 Å². The van der Waals surface area contributed by atoms with Crippen LogP contribution in [0.4, 0.5) is 5.69 Å². The van der Waals surface area contributed by atoms with Crippen LogP contribution < -0.4 is 10.6 Å². The van der Waals surface area contributed by atoms with Gasteiger partial charge < -0.3 is 20.6 Å². The van der Waals surface area contributed by atoms with Gasteiger partial charge >= 0.3 is 0 Å². The van der Waals surface area contributed by atoms with Crippen molar-refractivity contribution in [2.45, 2.75) is 32.4 Å². The van der Waals surface area contributed by atoms with E-state index in [4.69, 9.17) is 15.8 Å². The van der Waals surface area contributed by atoms with Crippen LogP contribution >= 0.6 is 0 Å². The summed E-state index contributed by atoms with van der Waals surface area (Å²) >= 11 is 0. The van der Waals surface area contributed by atoms with Gasteiger partial charge in [0.1, 0.15) is 0 Å². The summed E-state index contributed by atoms with van der Waals surface area (Å²) < 4.78 is 1.85. The van der Waals surface area contributed by atoms with Crippen molar-refractivity contribution >= 4 is 16.6 Å². The molecule has 0 aliphatic carbocycles. The lowest BCUT2D eigenvalue weighted by atomic mass is 10.0. The molecule has 0 amide bonds. The Kier molecular flexibility index (Phi) is 6.77. The largest absolute Gasteiger partial charge is 0.390 e. The molecule has 1 aromatic carbocycles. The minimum Gasteiger partial charge on any atom is -0.390 e. The first-order valence-electron chi connectivity index (χ1n) is 12.3. The third-order valence-electron chi connectivity index (χ3n) is 6.73. The maximum absolute atomic E-state index is 9.59. The zero-order chi connectivity index (χ0) is 24.4. The molecule has 3 aromatic heterocycles. The molecule has 1 aliphatic heterocycles. The molecule has 1 aliphatic rings.